The van der Waals surface area contributed by atoms with Crippen molar-refractivity contribution in [3.8, 4) is 5.75 Å². The highest BCUT2D eigenvalue weighted by Gasteiger charge is 2.21. The van der Waals surface area contributed by atoms with Crippen LogP contribution in [0.2, 0.25) is 0 Å². The van der Waals surface area contributed by atoms with Crippen molar-refractivity contribution in [3.63, 3.8) is 0 Å². The molecule has 0 bridgehead atoms. The van der Waals surface area contributed by atoms with Gasteiger partial charge in [0, 0.05) is 25.2 Å². The highest BCUT2D eigenvalue weighted by atomic mass is 16.5. The van der Waals surface area contributed by atoms with Crippen LogP contribution in [0.15, 0.2) is 24.3 Å². The predicted molar refractivity (Wildman–Crippen MR) is 83.2 cm³/mol. The topological polar surface area (TPSA) is 67.6 Å². The van der Waals surface area contributed by atoms with Gasteiger partial charge in [0.25, 0.3) is 0 Å². The third kappa shape index (κ3) is 4.72. The van der Waals surface area contributed by atoms with Gasteiger partial charge in [0.05, 0.1) is 13.7 Å². The van der Waals surface area contributed by atoms with Crippen molar-refractivity contribution < 1.29 is 9.53 Å². The Morgan fingerprint density at radius 3 is 2.81 bits per heavy atom. The number of methoxy groups -OCH3 is 1. The first kappa shape index (κ1) is 15.8. The molecule has 116 valence electrons. The summed E-state index contributed by atoms with van der Waals surface area (Å²) in [7, 11) is 1.69. The van der Waals surface area contributed by atoms with Crippen molar-refractivity contribution in [1.29, 1.82) is 0 Å². The zero-order valence-corrected chi connectivity index (χ0v) is 12.8. The quantitative estimate of drug-likeness (QED) is 0.829. The third-order valence-corrected chi connectivity index (χ3v) is 4.05. The lowest BCUT2D eigenvalue weighted by Crippen LogP contribution is -2.45. The molecule has 1 aliphatic heterocycles. The summed E-state index contributed by atoms with van der Waals surface area (Å²) < 4.78 is 5.27. The van der Waals surface area contributed by atoms with Crippen LogP contribution >= 0.6 is 0 Å². The van der Waals surface area contributed by atoms with Crippen molar-refractivity contribution in [2.75, 3.05) is 26.7 Å². The molecule has 1 aromatic carbocycles. The summed E-state index contributed by atoms with van der Waals surface area (Å²) in [5.74, 6) is 0.642. The Labute approximate surface area is 126 Å². The number of nitrogens with one attached hydrogen (secondary N) is 1. The van der Waals surface area contributed by atoms with Crippen molar-refractivity contribution in [3.05, 3.63) is 29.8 Å². The standard InChI is InChI=1S/C16H25N3O2/c1-12(13-4-3-5-15(10-13)21-2)18-14-6-8-19(9-7-14)11-16(17)20/h3-5,10,12,14,18H,6-9,11H2,1-2H3,(H2,17,20). The van der Waals surface area contributed by atoms with Crippen LogP contribution in [0.1, 0.15) is 31.4 Å². The number of ether oxygens (including phenoxy) is 1. The lowest BCUT2D eigenvalue weighted by Gasteiger charge is -2.33. The van der Waals surface area contributed by atoms with E-state index < -0.39 is 0 Å². The SMILES string of the molecule is COc1cccc(C(C)NC2CCN(CC(N)=O)CC2)c1. The van der Waals surface area contributed by atoms with E-state index in [1.165, 1.54) is 5.56 Å². The molecule has 3 N–H and O–H groups in total. The molecule has 1 fully saturated rings. The molecule has 1 atom stereocenters. The number of hydrogen-bond acceptors (Lipinski definition) is 4. The number of amides is 1. The number of nitrogens with two attached hydrogens (primary N) is 1. The number of carbonyl (C=O) groups is 1. The maximum atomic E-state index is 10.9. The molecular weight excluding hydrogens is 266 g/mol. The number of benzene rings is 1. The largest absolute Gasteiger partial charge is 0.497 e. The predicted octanol–water partition coefficient (Wildman–Crippen LogP) is 1.30. The van der Waals surface area contributed by atoms with E-state index in [-0.39, 0.29) is 11.9 Å². The zero-order valence-electron chi connectivity index (χ0n) is 12.8. The molecule has 1 heterocycles. The summed E-state index contributed by atoms with van der Waals surface area (Å²) in [6, 6.07) is 8.92. The number of likely N-dealkylation sites (tertiary alicyclic amines) is 1. The molecular formula is C16H25N3O2. The maximum Gasteiger partial charge on any atom is 0.231 e. The summed E-state index contributed by atoms with van der Waals surface area (Å²) in [4.78, 5) is 13.0. The second kappa shape index (κ2) is 7.43. The highest BCUT2D eigenvalue weighted by Crippen LogP contribution is 2.21. The van der Waals surface area contributed by atoms with Gasteiger partial charge in [0.15, 0.2) is 0 Å². The summed E-state index contributed by atoms with van der Waals surface area (Å²) in [5, 5.41) is 3.66. The molecule has 1 unspecified atom stereocenters. The first-order chi connectivity index (χ1) is 10.1. The molecule has 0 saturated carbocycles. The molecule has 0 aromatic heterocycles. The number of carbonyl (C=O) groups excluding carboxylic acids is 1. The summed E-state index contributed by atoms with van der Waals surface area (Å²) in [6.45, 7) is 4.39. The fraction of sp³-hybridized carbons (Fsp3) is 0.562. The Morgan fingerprint density at radius 2 is 2.19 bits per heavy atom. The van der Waals surface area contributed by atoms with E-state index in [9.17, 15) is 4.79 Å². The van der Waals surface area contributed by atoms with Crippen molar-refractivity contribution >= 4 is 5.91 Å². The van der Waals surface area contributed by atoms with Gasteiger partial charge in [-0.25, -0.2) is 0 Å². The summed E-state index contributed by atoms with van der Waals surface area (Å²) in [6.07, 6.45) is 2.09. The van der Waals surface area contributed by atoms with Gasteiger partial charge in [-0.2, -0.15) is 0 Å². The lowest BCUT2D eigenvalue weighted by molar-refractivity contribution is -0.119. The molecule has 0 spiro atoms. The first-order valence-corrected chi connectivity index (χ1v) is 7.49. The minimum Gasteiger partial charge on any atom is -0.497 e. The van der Waals surface area contributed by atoms with E-state index >= 15 is 0 Å². The van der Waals surface area contributed by atoms with E-state index in [4.69, 9.17) is 10.5 Å². The fourth-order valence-corrected chi connectivity index (χ4v) is 2.84. The minimum atomic E-state index is -0.244. The number of piperidine rings is 1. The van der Waals surface area contributed by atoms with E-state index in [1.54, 1.807) is 7.11 Å². The molecule has 0 radical (unpaired) electrons. The Hall–Kier alpha value is -1.59. The van der Waals surface area contributed by atoms with Crippen LogP contribution < -0.4 is 15.8 Å². The minimum absolute atomic E-state index is 0.244. The van der Waals surface area contributed by atoms with Gasteiger partial charge in [-0.15, -0.1) is 0 Å². The smallest absolute Gasteiger partial charge is 0.231 e. The molecule has 1 aliphatic rings. The van der Waals surface area contributed by atoms with Crippen LogP contribution in [0, 0.1) is 0 Å². The number of hydrogen-bond donors (Lipinski definition) is 2. The number of nitrogens with zero attached hydrogens (tertiary/aromatic N) is 1. The molecule has 0 aliphatic carbocycles. The van der Waals surface area contributed by atoms with Gasteiger partial charge in [-0.1, -0.05) is 12.1 Å². The third-order valence-electron chi connectivity index (χ3n) is 4.05. The van der Waals surface area contributed by atoms with Gasteiger partial charge in [-0.3, -0.25) is 9.69 Å². The van der Waals surface area contributed by atoms with Crippen LogP contribution in [-0.2, 0) is 4.79 Å². The average Bonchev–Trinajstić information content (AvgIpc) is 2.49. The van der Waals surface area contributed by atoms with Crippen LogP contribution in [0.5, 0.6) is 5.75 Å². The number of rotatable bonds is 6. The van der Waals surface area contributed by atoms with Gasteiger partial charge >= 0.3 is 0 Å². The molecule has 5 nitrogen and oxygen atoms in total. The Morgan fingerprint density at radius 1 is 1.48 bits per heavy atom. The number of primary amides is 1. The molecule has 2 rings (SSSR count). The van der Waals surface area contributed by atoms with Crippen LogP contribution in [-0.4, -0.2) is 43.6 Å². The summed E-state index contributed by atoms with van der Waals surface area (Å²) in [5.41, 5.74) is 6.46. The highest BCUT2D eigenvalue weighted by molar-refractivity contribution is 5.75. The first-order valence-electron chi connectivity index (χ1n) is 7.49. The summed E-state index contributed by atoms with van der Waals surface area (Å²) >= 11 is 0. The fourth-order valence-electron chi connectivity index (χ4n) is 2.84. The average molecular weight is 291 g/mol. The van der Waals surface area contributed by atoms with Crippen molar-refractivity contribution in [2.24, 2.45) is 5.73 Å². The molecule has 1 amide bonds. The monoisotopic (exact) mass is 291 g/mol. The van der Waals surface area contributed by atoms with Crippen LogP contribution in [0.25, 0.3) is 0 Å². The van der Waals surface area contributed by atoms with Gasteiger partial charge in [-0.05, 0) is 37.5 Å². The second-order valence-electron chi connectivity index (χ2n) is 5.68. The van der Waals surface area contributed by atoms with E-state index in [0.717, 1.165) is 31.7 Å². The van der Waals surface area contributed by atoms with Crippen LogP contribution in [0.3, 0.4) is 0 Å². The lowest BCUT2D eigenvalue weighted by atomic mass is 10.0. The van der Waals surface area contributed by atoms with E-state index in [0.29, 0.717) is 12.6 Å². The Balaban J connectivity index is 1.83. The Kier molecular flexibility index (Phi) is 5.59. The normalized spacial score (nSPS) is 18.4. The molecule has 21 heavy (non-hydrogen) atoms. The second-order valence-corrected chi connectivity index (χ2v) is 5.68. The Bertz CT molecular complexity index is 470. The zero-order chi connectivity index (χ0) is 15.2. The molecule has 1 aromatic rings. The molecule has 1 saturated heterocycles. The van der Waals surface area contributed by atoms with Crippen molar-refractivity contribution in [2.45, 2.75) is 31.8 Å². The molecule has 5 heteroatoms. The van der Waals surface area contributed by atoms with Crippen molar-refractivity contribution in [1.82, 2.24) is 10.2 Å². The maximum absolute atomic E-state index is 10.9. The van der Waals surface area contributed by atoms with Crippen LogP contribution in [0.4, 0.5) is 0 Å². The van der Waals surface area contributed by atoms with E-state index in [1.807, 2.05) is 12.1 Å². The van der Waals surface area contributed by atoms with E-state index in [2.05, 4.69) is 29.3 Å². The van der Waals surface area contributed by atoms with Gasteiger partial charge < -0.3 is 15.8 Å². The van der Waals surface area contributed by atoms with Gasteiger partial charge in [0.1, 0.15) is 5.75 Å². The van der Waals surface area contributed by atoms with Gasteiger partial charge in [0.2, 0.25) is 5.91 Å².